The maximum absolute atomic E-state index is 12.9. The number of hydrogen-bond donors (Lipinski definition) is 0. The van der Waals surface area contributed by atoms with E-state index >= 15 is 0 Å². The number of allylic oxidation sites excluding steroid dienone is 3. The van der Waals surface area contributed by atoms with Gasteiger partial charge in [0, 0.05) is 42.2 Å². The van der Waals surface area contributed by atoms with Gasteiger partial charge in [0.05, 0.1) is 0 Å². The lowest BCUT2D eigenvalue weighted by molar-refractivity contribution is -0.187. The van der Waals surface area contributed by atoms with Crippen LogP contribution in [0.15, 0.2) is 35.5 Å². The van der Waals surface area contributed by atoms with E-state index in [0.29, 0.717) is 18.4 Å². The summed E-state index contributed by atoms with van der Waals surface area (Å²) >= 11 is 0. The van der Waals surface area contributed by atoms with Crippen LogP contribution in [0.2, 0.25) is 0 Å². The highest BCUT2D eigenvalue weighted by atomic mass is 16.7. The van der Waals surface area contributed by atoms with E-state index in [1.807, 2.05) is 13.8 Å². The van der Waals surface area contributed by atoms with Crippen LogP contribution in [0.3, 0.4) is 0 Å². The van der Waals surface area contributed by atoms with Gasteiger partial charge in [-0.3, -0.25) is 14.4 Å². The fourth-order valence-electron chi connectivity index (χ4n) is 8.99. The Bertz CT molecular complexity index is 1170. The summed E-state index contributed by atoms with van der Waals surface area (Å²) in [6.07, 6.45) is 9.38. The van der Waals surface area contributed by atoms with Gasteiger partial charge in [-0.2, -0.15) is 0 Å². The van der Waals surface area contributed by atoms with Crippen molar-refractivity contribution in [1.82, 2.24) is 0 Å². The molecule has 2 saturated carbocycles. The van der Waals surface area contributed by atoms with Gasteiger partial charge < -0.3 is 14.2 Å². The van der Waals surface area contributed by atoms with Gasteiger partial charge in [-0.1, -0.05) is 52.3 Å². The summed E-state index contributed by atoms with van der Waals surface area (Å²) in [5.41, 5.74) is 0.176. The number of esters is 3. The molecule has 8 atom stereocenters. The molecule has 0 spiro atoms. The van der Waals surface area contributed by atoms with E-state index in [0.717, 1.165) is 12.8 Å². The molecule has 0 bridgehead atoms. The first kappa shape index (κ1) is 25.9. The molecule has 0 saturated heterocycles. The SMILES string of the molecule is CC(=O)OC1C=C([C@@H]2CC=C3[C@]4(C)[C@H](OC(C)=O)CC5C(C)(C)C(=O)C=C[C@]5(C)[C@H]4CC[C@]32C)C(=O)O1. The van der Waals surface area contributed by atoms with Crippen molar-refractivity contribution >= 4 is 23.7 Å². The third-order valence-corrected chi connectivity index (χ3v) is 10.7. The second-order valence-electron chi connectivity index (χ2n) is 12.9. The van der Waals surface area contributed by atoms with Gasteiger partial charge in [0.1, 0.15) is 6.10 Å². The zero-order chi connectivity index (χ0) is 27.1. The lowest BCUT2D eigenvalue weighted by Crippen LogP contribution is -2.64. The Morgan fingerprint density at radius 3 is 2.32 bits per heavy atom. The molecular formula is C30H38O7. The van der Waals surface area contributed by atoms with E-state index in [4.69, 9.17) is 14.2 Å². The Labute approximate surface area is 218 Å². The molecule has 5 rings (SSSR count). The molecule has 4 aliphatic carbocycles. The summed E-state index contributed by atoms with van der Waals surface area (Å²) in [5, 5.41) is 0. The largest absolute Gasteiger partial charge is 0.462 e. The van der Waals surface area contributed by atoms with Crippen molar-refractivity contribution in [3.63, 3.8) is 0 Å². The molecule has 200 valence electrons. The van der Waals surface area contributed by atoms with Crippen LogP contribution in [0.5, 0.6) is 0 Å². The van der Waals surface area contributed by atoms with Gasteiger partial charge in [-0.15, -0.1) is 0 Å². The van der Waals surface area contributed by atoms with Gasteiger partial charge in [0.2, 0.25) is 0 Å². The third kappa shape index (κ3) is 3.52. The first-order valence-electron chi connectivity index (χ1n) is 13.4. The highest BCUT2D eigenvalue weighted by molar-refractivity contribution is 5.96. The fraction of sp³-hybridized carbons (Fsp3) is 0.667. The van der Waals surface area contributed by atoms with Crippen LogP contribution in [0, 0.1) is 39.4 Å². The minimum absolute atomic E-state index is 0.0408. The average molecular weight is 511 g/mol. The maximum Gasteiger partial charge on any atom is 0.337 e. The number of rotatable bonds is 3. The summed E-state index contributed by atoms with van der Waals surface area (Å²) in [5.74, 6) is -1.07. The zero-order valence-corrected chi connectivity index (χ0v) is 22.9. The summed E-state index contributed by atoms with van der Waals surface area (Å²) < 4.78 is 16.6. The Morgan fingerprint density at radius 2 is 1.68 bits per heavy atom. The zero-order valence-electron chi connectivity index (χ0n) is 22.9. The lowest BCUT2D eigenvalue weighted by atomic mass is 9.38. The highest BCUT2D eigenvalue weighted by Crippen LogP contribution is 2.72. The van der Waals surface area contributed by atoms with E-state index in [1.54, 1.807) is 12.2 Å². The molecule has 7 nitrogen and oxygen atoms in total. The van der Waals surface area contributed by atoms with Gasteiger partial charge in [-0.05, 0) is 54.4 Å². The average Bonchev–Trinajstić information content (AvgIpc) is 3.31. The van der Waals surface area contributed by atoms with Crippen LogP contribution >= 0.6 is 0 Å². The number of ether oxygens (including phenoxy) is 3. The minimum Gasteiger partial charge on any atom is -0.462 e. The Balaban J connectivity index is 1.57. The van der Waals surface area contributed by atoms with Crippen molar-refractivity contribution in [3.05, 3.63) is 35.5 Å². The molecular weight excluding hydrogens is 472 g/mol. The first-order valence-corrected chi connectivity index (χ1v) is 13.4. The topological polar surface area (TPSA) is 96.0 Å². The van der Waals surface area contributed by atoms with E-state index in [-0.39, 0.29) is 46.4 Å². The van der Waals surface area contributed by atoms with Gasteiger partial charge in [-0.25, -0.2) is 4.79 Å². The number of fused-ring (bicyclic) bond motifs is 5. The number of hydrogen-bond acceptors (Lipinski definition) is 7. The quantitative estimate of drug-likeness (QED) is 0.396. The Morgan fingerprint density at radius 1 is 1.00 bits per heavy atom. The highest BCUT2D eigenvalue weighted by Gasteiger charge is 2.68. The van der Waals surface area contributed by atoms with Crippen molar-refractivity contribution in [2.24, 2.45) is 39.4 Å². The van der Waals surface area contributed by atoms with Crippen molar-refractivity contribution in [3.8, 4) is 0 Å². The molecule has 2 fully saturated rings. The van der Waals surface area contributed by atoms with E-state index in [2.05, 4.69) is 32.9 Å². The monoisotopic (exact) mass is 510 g/mol. The molecule has 0 aromatic heterocycles. The van der Waals surface area contributed by atoms with Crippen LogP contribution in [0.25, 0.3) is 0 Å². The molecule has 0 aromatic rings. The van der Waals surface area contributed by atoms with Crippen molar-refractivity contribution in [1.29, 1.82) is 0 Å². The van der Waals surface area contributed by atoms with Crippen molar-refractivity contribution in [2.75, 3.05) is 0 Å². The predicted molar refractivity (Wildman–Crippen MR) is 135 cm³/mol. The smallest absolute Gasteiger partial charge is 0.337 e. The van der Waals surface area contributed by atoms with E-state index in [9.17, 15) is 19.2 Å². The summed E-state index contributed by atoms with van der Waals surface area (Å²) in [4.78, 5) is 49.6. The second-order valence-corrected chi connectivity index (χ2v) is 12.9. The molecule has 0 radical (unpaired) electrons. The van der Waals surface area contributed by atoms with Crippen LogP contribution < -0.4 is 0 Å². The molecule has 1 heterocycles. The van der Waals surface area contributed by atoms with Gasteiger partial charge in [0.15, 0.2) is 5.78 Å². The maximum atomic E-state index is 12.9. The molecule has 7 heteroatoms. The van der Waals surface area contributed by atoms with Crippen LogP contribution in [-0.2, 0) is 33.4 Å². The molecule has 2 unspecified atom stereocenters. The number of ketones is 1. The molecule has 0 amide bonds. The van der Waals surface area contributed by atoms with Gasteiger partial charge in [0.25, 0.3) is 6.29 Å². The lowest BCUT2D eigenvalue weighted by Gasteiger charge is -2.66. The summed E-state index contributed by atoms with van der Waals surface area (Å²) in [6, 6.07) is 0. The Hall–Kier alpha value is -2.70. The van der Waals surface area contributed by atoms with Crippen LogP contribution in [0.4, 0.5) is 0 Å². The standard InChI is InChI=1S/C30H38O7/c1-16(31)35-24-15-22-27(3,4)23(33)11-13-29(22,6)21-10-12-28(5)19(8-9-20(28)30(21,24)7)18-14-25(36-17(2)32)37-26(18)34/h9,11,13-14,19,21-22,24-25H,8,10,12,15H2,1-7H3/t19-,21+,22?,24+,25?,28-,29+,30-/m0/s1. The Kier molecular flexibility index (Phi) is 5.71. The van der Waals surface area contributed by atoms with E-state index < -0.39 is 29.1 Å². The fourth-order valence-corrected chi connectivity index (χ4v) is 8.99. The van der Waals surface area contributed by atoms with Crippen molar-refractivity contribution < 1.29 is 33.4 Å². The number of cyclic esters (lactones) is 1. The summed E-state index contributed by atoms with van der Waals surface area (Å²) in [7, 11) is 0. The van der Waals surface area contributed by atoms with Gasteiger partial charge >= 0.3 is 17.9 Å². The minimum atomic E-state index is -0.991. The normalized spacial score (nSPS) is 43.6. The molecule has 1 aliphatic heterocycles. The van der Waals surface area contributed by atoms with E-state index in [1.165, 1.54) is 19.4 Å². The molecule has 5 aliphatic rings. The predicted octanol–water partition coefficient (Wildman–Crippen LogP) is 4.85. The number of carbonyl (C=O) groups is 4. The second kappa shape index (κ2) is 8.15. The molecule has 37 heavy (non-hydrogen) atoms. The molecule has 0 N–H and O–H groups in total. The third-order valence-electron chi connectivity index (χ3n) is 10.7. The molecule has 0 aromatic carbocycles. The first-order chi connectivity index (χ1) is 17.2. The van der Waals surface area contributed by atoms with Crippen LogP contribution in [-0.4, -0.2) is 36.1 Å². The van der Waals surface area contributed by atoms with Crippen LogP contribution in [0.1, 0.15) is 74.1 Å². The number of carbonyl (C=O) groups excluding carboxylic acids is 4. The van der Waals surface area contributed by atoms with Crippen molar-refractivity contribution in [2.45, 2.75) is 86.5 Å². The summed E-state index contributed by atoms with van der Waals surface area (Å²) in [6.45, 7) is 13.5.